The molecule has 1 N–H and O–H groups in total. The summed E-state index contributed by atoms with van der Waals surface area (Å²) < 4.78 is 59.9. The van der Waals surface area contributed by atoms with E-state index in [2.05, 4.69) is 5.32 Å². The molecule has 2 aromatic carbocycles. The molecule has 1 unspecified atom stereocenters. The van der Waals surface area contributed by atoms with Crippen LogP contribution in [0.2, 0.25) is 0 Å². The highest BCUT2D eigenvalue weighted by molar-refractivity contribution is 5.84. The topological polar surface area (TPSA) is 41.6 Å². The van der Waals surface area contributed by atoms with E-state index in [-0.39, 0.29) is 38.4 Å². The summed E-state index contributed by atoms with van der Waals surface area (Å²) in [5.74, 6) is -1.28. The van der Waals surface area contributed by atoms with Gasteiger partial charge in [0.1, 0.15) is 18.2 Å². The van der Waals surface area contributed by atoms with Crippen molar-refractivity contribution >= 4 is 5.91 Å². The van der Waals surface area contributed by atoms with Crippen LogP contribution in [0.3, 0.4) is 0 Å². The third kappa shape index (κ3) is 5.06. The largest absolute Gasteiger partial charge is 0.492 e. The number of hydrogen-bond acceptors (Lipinski definition) is 3. The van der Waals surface area contributed by atoms with E-state index in [0.717, 1.165) is 11.6 Å². The van der Waals surface area contributed by atoms with Crippen molar-refractivity contribution in [2.45, 2.75) is 19.1 Å². The van der Waals surface area contributed by atoms with Gasteiger partial charge in [0.05, 0.1) is 6.54 Å². The Balaban J connectivity index is 1.57. The zero-order valence-corrected chi connectivity index (χ0v) is 15.7. The summed E-state index contributed by atoms with van der Waals surface area (Å²) in [6.07, 6.45) is -4.95. The Morgan fingerprint density at radius 1 is 1.14 bits per heavy atom. The van der Waals surface area contributed by atoms with Crippen molar-refractivity contribution < 1.29 is 27.1 Å². The Kier molecular flexibility index (Phi) is 6.42. The lowest BCUT2D eigenvalue weighted by Crippen LogP contribution is -2.53. The molecule has 8 heteroatoms. The number of alkyl halides is 3. The first-order valence-corrected chi connectivity index (χ1v) is 9.30. The Morgan fingerprint density at radius 3 is 2.59 bits per heavy atom. The minimum Gasteiger partial charge on any atom is -0.492 e. The van der Waals surface area contributed by atoms with E-state index in [1.807, 2.05) is 30.3 Å². The van der Waals surface area contributed by atoms with Gasteiger partial charge in [0, 0.05) is 19.2 Å². The number of hydrogen-bond donors (Lipinski definition) is 1. The van der Waals surface area contributed by atoms with Gasteiger partial charge in [0.15, 0.2) is 5.41 Å². The fourth-order valence-electron chi connectivity index (χ4n) is 3.47. The van der Waals surface area contributed by atoms with Crippen LogP contribution in [0.4, 0.5) is 17.6 Å². The Hall–Kier alpha value is -2.61. The van der Waals surface area contributed by atoms with E-state index < -0.39 is 23.3 Å². The number of carbonyl (C=O) groups is 1. The molecule has 0 spiro atoms. The molecular weight excluding hydrogens is 388 g/mol. The smallest absolute Gasteiger partial charge is 0.404 e. The summed E-state index contributed by atoms with van der Waals surface area (Å²) in [6, 6.07) is 14.6. The zero-order chi connectivity index (χ0) is 20.9. The van der Waals surface area contributed by atoms with Crippen LogP contribution in [0.5, 0.6) is 5.75 Å². The van der Waals surface area contributed by atoms with Crippen LogP contribution < -0.4 is 10.1 Å². The van der Waals surface area contributed by atoms with Gasteiger partial charge >= 0.3 is 6.18 Å². The number of nitrogens with zero attached hydrogens (tertiary/aromatic N) is 1. The molecule has 0 aliphatic carbocycles. The van der Waals surface area contributed by atoms with Crippen LogP contribution in [0, 0.1) is 11.2 Å². The fourth-order valence-corrected chi connectivity index (χ4v) is 3.47. The Morgan fingerprint density at radius 2 is 1.90 bits per heavy atom. The molecule has 3 rings (SSSR count). The molecule has 0 bridgehead atoms. The Labute approximate surface area is 166 Å². The first-order valence-electron chi connectivity index (χ1n) is 9.30. The van der Waals surface area contributed by atoms with Gasteiger partial charge in [-0.3, -0.25) is 9.69 Å². The predicted octanol–water partition coefficient (Wildman–Crippen LogP) is 3.78. The first kappa shape index (κ1) is 21.1. The van der Waals surface area contributed by atoms with Gasteiger partial charge in [-0.2, -0.15) is 13.2 Å². The number of rotatable bonds is 7. The van der Waals surface area contributed by atoms with Crippen molar-refractivity contribution in [1.82, 2.24) is 10.2 Å². The summed E-state index contributed by atoms with van der Waals surface area (Å²) in [5.41, 5.74) is -1.55. The second kappa shape index (κ2) is 8.82. The molecular formula is C21H22F4N2O2. The van der Waals surface area contributed by atoms with Gasteiger partial charge in [0.25, 0.3) is 0 Å². The quantitative estimate of drug-likeness (QED) is 0.558. The minimum atomic E-state index is -4.66. The van der Waals surface area contributed by atoms with Crippen molar-refractivity contribution in [3.8, 4) is 5.75 Å². The van der Waals surface area contributed by atoms with Crippen LogP contribution in [0.1, 0.15) is 12.0 Å². The first-order chi connectivity index (χ1) is 13.8. The summed E-state index contributed by atoms with van der Waals surface area (Å²) in [4.78, 5) is 14.1. The van der Waals surface area contributed by atoms with Gasteiger partial charge in [-0.25, -0.2) is 4.39 Å². The standard InChI is InChI=1S/C21H22F4N2O2/c22-17-7-4-8-18(13-17)29-12-10-26-19(28)20(21(23,24)25)9-11-27(15-20)14-16-5-2-1-3-6-16/h1-8,13H,9-12,14-15H2,(H,26,28). The van der Waals surface area contributed by atoms with Crippen LogP contribution >= 0.6 is 0 Å². The monoisotopic (exact) mass is 410 g/mol. The number of halogens is 4. The van der Waals surface area contributed by atoms with Crippen LogP contribution in [-0.2, 0) is 11.3 Å². The second-order valence-electron chi connectivity index (χ2n) is 7.09. The van der Waals surface area contributed by atoms with E-state index in [0.29, 0.717) is 6.54 Å². The second-order valence-corrected chi connectivity index (χ2v) is 7.09. The van der Waals surface area contributed by atoms with Crippen molar-refractivity contribution in [2.75, 3.05) is 26.2 Å². The SMILES string of the molecule is O=C(NCCOc1cccc(F)c1)C1(C(F)(F)F)CCN(Cc2ccccc2)C1. The lowest BCUT2D eigenvalue weighted by atomic mass is 9.85. The number of amides is 1. The molecule has 0 radical (unpaired) electrons. The summed E-state index contributed by atoms with van der Waals surface area (Å²) >= 11 is 0. The van der Waals surface area contributed by atoms with Gasteiger partial charge in [-0.1, -0.05) is 36.4 Å². The van der Waals surface area contributed by atoms with Crippen molar-refractivity contribution in [1.29, 1.82) is 0 Å². The predicted molar refractivity (Wildman–Crippen MR) is 99.7 cm³/mol. The molecule has 1 heterocycles. The fraction of sp³-hybridized carbons (Fsp3) is 0.381. The molecule has 2 aromatic rings. The molecule has 1 aliphatic rings. The number of carbonyl (C=O) groups excluding carboxylic acids is 1. The van der Waals surface area contributed by atoms with Crippen LogP contribution in [0.15, 0.2) is 54.6 Å². The molecule has 0 saturated carbocycles. The number of benzene rings is 2. The van der Waals surface area contributed by atoms with Gasteiger partial charge in [0.2, 0.25) is 5.91 Å². The average molecular weight is 410 g/mol. The molecule has 1 atom stereocenters. The van der Waals surface area contributed by atoms with E-state index in [1.54, 1.807) is 4.90 Å². The molecule has 29 heavy (non-hydrogen) atoms. The third-order valence-electron chi connectivity index (χ3n) is 5.03. The third-order valence-corrected chi connectivity index (χ3v) is 5.03. The van der Waals surface area contributed by atoms with Crippen molar-refractivity contribution in [3.63, 3.8) is 0 Å². The minimum absolute atomic E-state index is 0.0587. The van der Waals surface area contributed by atoms with Crippen molar-refractivity contribution in [2.24, 2.45) is 5.41 Å². The summed E-state index contributed by atoms with van der Waals surface area (Å²) in [7, 11) is 0. The summed E-state index contributed by atoms with van der Waals surface area (Å²) in [6.45, 7) is -0.0129. The zero-order valence-electron chi connectivity index (χ0n) is 15.7. The van der Waals surface area contributed by atoms with Gasteiger partial charge in [-0.15, -0.1) is 0 Å². The highest BCUT2D eigenvalue weighted by atomic mass is 19.4. The average Bonchev–Trinajstić information content (AvgIpc) is 3.11. The van der Waals surface area contributed by atoms with E-state index in [1.165, 1.54) is 18.2 Å². The number of likely N-dealkylation sites (tertiary alicyclic amines) is 1. The lowest BCUT2D eigenvalue weighted by molar-refractivity contribution is -0.218. The van der Waals surface area contributed by atoms with E-state index >= 15 is 0 Å². The maximum atomic E-state index is 13.8. The molecule has 0 aromatic heterocycles. The molecule has 156 valence electrons. The highest BCUT2D eigenvalue weighted by Gasteiger charge is 2.62. The lowest BCUT2D eigenvalue weighted by Gasteiger charge is -2.30. The maximum absolute atomic E-state index is 13.8. The normalized spacial score (nSPS) is 19.9. The number of ether oxygens (including phenoxy) is 1. The van der Waals surface area contributed by atoms with Gasteiger partial charge < -0.3 is 10.1 Å². The molecule has 4 nitrogen and oxygen atoms in total. The van der Waals surface area contributed by atoms with E-state index in [4.69, 9.17) is 4.74 Å². The highest BCUT2D eigenvalue weighted by Crippen LogP contribution is 2.46. The summed E-state index contributed by atoms with van der Waals surface area (Å²) in [5, 5.41) is 2.34. The van der Waals surface area contributed by atoms with Crippen LogP contribution in [0.25, 0.3) is 0 Å². The molecule has 1 amide bonds. The maximum Gasteiger partial charge on any atom is 0.404 e. The van der Waals surface area contributed by atoms with Crippen molar-refractivity contribution in [3.05, 3.63) is 66.0 Å². The van der Waals surface area contributed by atoms with E-state index in [9.17, 15) is 22.4 Å². The van der Waals surface area contributed by atoms with Gasteiger partial charge in [-0.05, 0) is 30.7 Å². The number of nitrogens with one attached hydrogen (secondary N) is 1. The molecule has 1 saturated heterocycles. The molecule has 1 aliphatic heterocycles. The Bertz CT molecular complexity index is 829. The molecule has 1 fully saturated rings. The van der Waals surface area contributed by atoms with Crippen LogP contribution in [-0.4, -0.2) is 43.2 Å².